The fourth-order valence-electron chi connectivity index (χ4n) is 1.16. The van der Waals surface area contributed by atoms with Gasteiger partial charge in [-0.15, -0.1) is 11.8 Å². The number of aryl methyl sites for hydroxylation is 1. The Morgan fingerprint density at radius 3 is 2.71 bits per heavy atom. The van der Waals surface area contributed by atoms with Crippen molar-refractivity contribution in [2.75, 3.05) is 5.75 Å². The van der Waals surface area contributed by atoms with Gasteiger partial charge < -0.3 is 5.73 Å². The van der Waals surface area contributed by atoms with Crippen LogP contribution < -0.4 is 5.73 Å². The number of primary amides is 1. The summed E-state index contributed by atoms with van der Waals surface area (Å²) in [5.74, 6) is -0.454. The number of carbonyl (C=O) groups excluding carboxylic acids is 1. The van der Waals surface area contributed by atoms with Crippen molar-refractivity contribution in [2.45, 2.75) is 18.7 Å². The molecule has 0 unspecified atom stereocenters. The third-order valence-electron chi connectivity index (χ3n) is 1.85. The van der Waals surface area contributed by atoms with Crippen molar-refractivity contribution in [1.29, 1.82) is 0 Å². The molecule has 1 amide bonds. The fraction of sp³-hybridized carbons (Fsp3) is 0.300. The first-order valence-electron chi connectivity index (χ1n) is 4.29. The minimum Gasteiger partial charge on any atom is -0.366 e. The van der Waals surface area contributed by atoms with E-state index in [1.807, 2.05) is 13.8 Å². The first-order valence-corrected chi connectivity index (χ1v) is 5.28. The molecule has 0 aliphatic carbocycles. The van der Waals surface area contributed by atoms with Gasteiger partial charge in [-0.25, -0.2) is 4.39 Å². The molecular formula is C10H12FNOS. The topological polar surface area (TPSA) is 43.1 Å². The van der Waals surface area contributed by atoms with Crippen molar-refractivity contribution in [3.05, 3.63) is 29.1 Å². The minimum atomic E-state index is -0.722. The van der Waals surface area contributed by atoms with Crippen LogP contribution in [0.3, 0.4) is 0 Å². The van der Waals surface area contributed by atoms with Crippen molar-refractivity contribution in [3.63, 3.8) is 0 Å². The van der Waals surface area contributed by atoms with E-state index < -0.39 is 11.7 Å². The molecule has 0 radical (unpaired) electrons. The second-order valence-corrected chi connectivity index (χ2v) is 4.14. The number of amides is 1. The van der Waals surface area contributed by atoms with E-state index in [4.69, 9.17) is 5.73 Å². The number of halogens is 1. The van der Waals surface area contributed by atoms with Crippen molar-refractivity contribution in [3.8, 4) is 0 Å². The summed E-state index contributed by atoms with van der Waals surface area (Å²) in [5, 5.41) is 0. The summed E-state index contributed by atoms with van der Waals surface area (Å²) in [6, 6.07) is 3.13. The molecule has 1 rings (SSSR count). The van der Waals surface area contributed by atoms with Crippen molar-refractivity contribution >= 4 is 17.7 Å². The monoisotopic (exact) mass is 213 g/mol. The van der Waals surface area contributed by atoms with E-state index in [1.54, 1.807) is 6.07 Å². The lowest BCUT2D eigenvalue weighted by atomic mass is 10.1. The molecule has 0 saturated carbocycles. The molecule has 1 aromatic rings. The molecule has 0 aromatic heterocycles. The maximum Gasteiger partial charge on any atom is 0.251 e. The number of hydrogen-bond acceptors (Lipinski definition) is 2. The lowest BCUT2D eigenvalue weighted by Crippen LogP contribution is -2.13. The van der Waals surface area contributed by atoms with Gasteiger partial charge in [0.25, 0.3) is 5.91 Å². The van der Waals surface area contributed by atoms with E-state index in [0.29, 0.717) is 4.90 Å². The lowest BCUT2D eigenvalue weighted by Gasteiger charge is -2.07. The van der Waals surface area contributed by atoms with E-state index in [9.17, 15) is 9.18 Å². The van der Waals surface area contributed by atoms with Gasteiger partial charge in [-0.2, -0.15) is 0 Å². The number of carbonyl (C=O) groups is 1. The predicted octanol–water partition coefficient (Wildman–Crippen LogP) is 2.35. The number of thioether (sulfide) groups is 1. The van der Waals surface area contributed by atoms with Crippen LogP contribution >= 0.6 is 11.8 Å². The first-order chi connectivity index (χ1) is 6.57. The highest BCUT2D eigenvalue weighted by atomic mass is 32.2. The zero-order valence-electron chi connectivity index (χ0n) is 8.13. The van der Waals surface area contributed by atoms with Crippen molar-refractivity contribution in [2.24, 2.45) is 5.73 Å². The molecule has 0 fully saturated rings. The summed E-state index contributed by atoms with van der Waals surface area (Å²) in [4.78, 5) is 11.4. The van der Waals surface area contributed by atoms with Crippen molar-refractivity contribution in [1.82, 2.24) is 0 Å². The average Bonchev–Trinajstić information content (AvgIpc) is 2.11. The minimum absolute atomic E-state index is 0.0356. The van der Waals surface area contributed by atoms with Crippen LogP contribution in [0.5, 0.6) is 0 Å². The normalized spacial score (nSPS) is 10.2. The van der Waals surface area contributed by atoms with E-state index in [-0.39, 0.29) is 5.56 Å². The molecule has 0 bridgehead atoms. The quantitative estimate of drug-likeness (QED) is 0.783. The van der Waals surface area contributed by atoms with Gasteiger partial charge in [-0.3, -0.25) is 4.79 Å². The Morgan fingerprint density at radius 1 is 1.57 bits per heavy atom. The summed E-state index contributed by atoms with van der Waals surface area (Å²) in [6.45, 7) is 3.74. The van der Waals surface area contributed by atoms with Crippen LogP contribution in [0.4, 0.5) is 4.39 Å². The second-order valence-electron chi connectivity index (χ2n) is 2.87. The van der Waals surface area contributed by atoms with Crippen molar-refractivity contribution < 1.29 is 9.18 Å². The molecule has 0 saturated heterocycles. The molecule has 0 spiro atoms. The number of hydrogen-bond donors (Lipinski definition) is 1. The standard InChI is InChI=1S/C10H12FNOS/c1-3-14-9-6(2)4-5-7(8(9)11)10(12)13/h4-5H,3H2,1-2H3,(H2,12,13). The van der Waals surface area contributed by atoms with Gasteiger partial charge >= 0.3 is 0 Å². The van der Waals surface area contributed by atoms with Gasteiger partial charge in [0.1, 0.15) is 5.82 Å². The molecule has 0 heterocycles. The molecule has 0 aliphatic rings. The first kappa shape index (κ1) is 11.0. The lowest BCUT2D eigenvalue weighted by molar-refractivity contribution is 0.0996. The Balaban J connectivity index is 3.26. The van der Waals surface area contributed by atoms with E-state index in [0.717, 1.165) is 11.3 Å². The smallest absolute Gasteiger partial charge is 0.251 e. The van der Waals surface area contributed by atoms with Gasteiger partial charge in [0, 0.05) is 4.90 Å². The molecule has 0 aliphatic heterocycles. The number of rotatable bonds is 3. The van der Waals surface area contributed by atoms with Crippen LogP contribution in [0.1, 0.15) is 22.8 Å². The molecule has 0 atom stereocenters. The van der Waals surface area contributed by atoms with Gasteiger partial charge in [-0.1, -0.05) is 13.0 Å². The predicted molar refractivity (Wildman–Crippen MR) is 56.1 cm³/mol. The molecule has 1 aromatic carbocycles. The van der Waals surface area contributed by atoms with E-state index in [1.165, 1.54) is 17.8 Å². The summed E-state index contributed by atoms with van der Waals surface area (Å²) in [5.41, 5.74) is 5.84. The van der Waals surface area contributed by atoms with Crippen LogP contribution in [-0.4, -0.2) is 11.7 Å². The molecular weight excluding hydrogens is 201 g/mol. The third-order valence-corrected chi connectivity index (χ3v) is 2.93. The highest BCUT2D eigenvalue weighted by Gasteiger charge is 2.14. The maximum atomic E-state index is 13.6. The maximum absolute atomic E-state index is 13.6. The van der Waals surface area contributed by atoms with Crippen LogP contribution in [-0.2, 0) is 0 Å². The van der Waals surface area contributed by atoms with E-state index in [2.05, 4.69) is 0 Å². The van der Waals surface area contributed by atoms with Crippen LogP contribution in [0.15, 0.2) is 17.0 Å². The highest BCUT2D eigenvalue weighted by Crippen LogP contribution is 2.27. The fourth-order valence-corrected chi connectivity index (χ4v) is 1.99. The summed E-state index contributed by atoms with van der Waals surface area (Å²) < 4.78 is 13.6. The van der Waals surface area contributed by atoms with Crippen LogP contribution in [0.2, 0.25) is 0 Å². The molecule has 76 valence electrons. The van der Waals surface area contributed by atoms with Crippen LogP contribution in [0.25, 0.3) is 0 Å². The molecule has 14 heavy (non-hydrogen) atoms. The molecule has 4 heteroatoms. The van der Waals surface area contributed by atoms with E-state index >= 15 is 0 Å². The Bertz CT molecular complexity index is 365. The summed E-state index contributed by atoms with van der Waals surface area (Å²) >= 11 is 1.38. The Labute approximate surface area is 86.7 Å². The third kappa shape index (κ3) is 2.07. The van der Waals surface area contributed by atoms with Gasteiger partial charge in [-0.05, 0) is 24.3 Å². The summed E-state index contributed by atoms with van der Waals surface area (Å²) in [6.07, 6.45) is 0. The summed E-state index contributed by atoms with van der Waals surface area (Å²) in [7, 11) is 0. The van der Waals surface area contributed by atoms with Crippen LogP contribution in [0, 0.1) is 12.7 Å². The van der Waals surface area contributed by atoms with Gasteiger partial charge in [0.2, 0.25) is 0 Å². The zero-order valence-corrected chi connectivity index (χ0v) is 8.95. The molecule has 2 nitrogen and oxygen atoms in total. The second kappa shape index (κ2) is 4.46. The number of benzene rings is 1. The Hall–Kier alpha value is -1.03. The average molecular weight is 213 g/mol. The highest BCUT2D eigenvalue weighted by molar-refractivity contribution is 7.99. The Kier molecular flexibility index (Phi) is 3.52. The zero-order chi connectivity index (χ0) is 10.7. The van der Waals surface area contributed by atoms with Gasteiger partial charge in [0.05, 0.1) is 5.56 Å². The SMILES string of the molecule is CCSc1c(C)ccc(C(N)=O)c1F. The molecule has 2 N–H and O–H groups in total. The number of nitrogens with two attached hydrogens (primary N) is 1. The largest absolute Gasteiger partial charge is 0.366 e. The van der Waals surface area contributed by atoms with Gasteiger partial charge in [0.15, 0.2) is 0 Å². The Morgan fingerprint density at radius 2 is 2.21 bits per heavy atom.